The summed E-state index contributed by atoms with van der Waals surface area (Å²) in [4.78, 5) is 0. The maximum absolute atomic E-state index is 13.2. The van der Waals surface area contributed by atoms with Gasteiger partial charge in [0.1, 0.15) is 5.82 Å². The maximum Gasteiger partial charge on any atom is 0.279 e. The van der Waals surface area contributed by atoms with Crippen molar-refractivity contribution < 1.29 is 12.8 Å². The van der Waals surface area contributed by atoms with Gasteiger partial charge in [-0.1, -0.05) is 6.07 Å². The van der Waals surface area contributed by atoms with Crippen LogP contribution in [-0.4, -0.2) is 47.0 Å². The lowest BCUT2D eigenvalue weighted by Gasteiger charge is -2.12. The highest BCUT2D eigenvalue weighted by atomic mass is 32.2. The van der Waals surface area contributed by atoms with E-state index in [1.165, 1.54) is 37.0 Å². The van der Waals surface area contributed by atoms with Crippen molar-refractivity contribution in [3.63, 3.8) is 0 Å². The molecule has 0 radical (unpaired) electrons. The molecule has 0 fully saturated rings. The van der Waals surface area contributed by atoms with Crippen LogP contribution in [0.15, 0.2) is 24.3 Å². The van der Waals surface area contributed by atoms with E-state index in [0.29, 0.717) is 5.69 Å². The van der Waals surface area contributed by atoms with Gasteiger partial charge in [0.25, 0.3) is 10.2 Å². The van der Waals surface area contributed by atoms with Crippen LogP contribution in [0.4, 0.5) is 4.39 Å². The summed E-state index contributed by atoms with van der Waals surface area (Å²) < 4.78 is 41.0. The Bertz CT molecular complexity index is 699. The Kier molecular flexibility index (Phi) is 4.06. The highest BCUT2D eigenvalue weighted by Crippen LogP contribution is 2.09. The molecule has 2 rings (SSSR count). The van der Waals surface area contributed by atoms with Gasteiger partial charge >= 0.3 is 0 Å². The third kappa shape index (κ3) is 3.15. The number of nitrogens with zero attached hydrogens (tertiary/aromatic N) is 5. The zero-order chi connectivity index (χ0) is 14.8. The third-order valence-electron chi connectivity index (χ3n) is 2.48. The van der Waals surface area contributed by atoms with Crippen LogP contribution in [-0.2, 0) is 16.8 Å². The predicted molar refractivity (Wildman–Crippen MR) is 68.6 cm³/mol. The fourth-order valence-electron chi connectivity index (χ4n) is 1.41. The van der Waals surface area contributed by atoms with E-state index >= 15 is 0 Å². The lowest BCUT2D eigenvalue weighted by atomic mass is 10.3. The summed E-state index contributed by atoms with van der Waals surface area (Å²) in [5.41, 5.74) is 0.411. The lowest BCUT2D eigenvalue weighted by molar-refractivity contribution is 0.503. The smallest absolute Gasteiger partial charge is 0.207 e. The Morgan fingerprint density at radius 1 is 1.40 bits per heavy atom. The summed E-state index contributed by atoms with van der Waals surface area (Å²) in [5, 5.41) is 10.9. The normalized spacial score (nSPS) is 12.0. The van der Waals surface area contributed by atoms with Crippen molar-refractivity contribution in [2.45, 2.75) is 6.54 Å². The molecule has 1 N–H and O–H groups in total. The van der Waals surface area contributed by atoms with Crippen LogP contribution < -0.4 is 4.72 Å². The molecule has 0 saturated carbocycles. The van der Waals surface area contributed by atoms with Gasteiger partial charge in [0.05, 0.1) is 12.2 Å². The van der Waals surface area contributed by atoms with Gasteiger partial charge in [-0.05, 0) is 28.6 Å². The van der Waals surface area contributed by atoms with Gasteiger partial charge in [0.2, 0.25) is 0 Å². The number of tetrazole rings is 1. The molecule has 0 unspecified atom stereocenters. The van der Waals surface area contributed by atoms with Crippen molar-refractivity contribution in [3.05, 3.63) is 35.9 Å². The molecule has 0 aliphatic heterocycles. The SMILES string of the molecule is CN(C)S(=O)(=O)NCc1nnnn1-c1cccc(F)c1. The van der Waals surface area contributed by atoms with Crippen molar-refractivity contribution in [1.82, 2.24) is 29.2 Å². The minimum absolute atomic E-state index is 0.107. The molecule has 1 aromatic carbocycles. The average Bonchev–Trinajstić information content (AvgIpc) is 2.84. The minimum atomic E-state index is -3.58. The molecule has 0 atom stereocenters. The fraction of sp³-hybridized carbons (Fsp3) is 0.300. The Morgan fingerprint density at radius 3 is 2.80 bits per heavy atom. The molecule has 8 nitrogen and oxygen atoms in total. The van der Waals surface area contributed by atoms with Crippen molar-refractivity contribution in [2.24, 2.45) is 0 Å². The molecule has 0 spiro atoms. The Labute approximate surface area is 115 Å². The molecule has 2 aromatic rings. The second-order valence-electron chi connectivity index (χ2n) is 4.10. The van der Waals surface area contributed by atoms with Crippen LogP contribution >= 0.6 is 0 Å². The molecular weight excluding hydrogens is 287 g/mol. The molecule has 108 valence electrons. The van der Waals surface area contributed by atoms with Gasteiger partial charge in [-0.2, -0.15) is 22.1 Å². The van der Waals surface area contributed by atoms with Crippen molar-refractivity contribution in [3.8, 4) is 5.69 Å². The zero-order valence-electron chi connectivity index (χ0n) is 10.9. The van der Waals surface area contributed by atoms with Gasteiger partial charge < -0.3 is 0 Å². The topological polar surface area (TPSA) is 93.0 Å². The standard InChI is InChI=1S/C10H13FN6O2S/c1-16(2)20(18,19)12-7-10-13-14-15-17(10)9-5-3-4-8(11)6-9/h3-6,12H,7H2,1-2H3. The van der Waals surface area contributed by atoms with Gasteiger partial charge in [-0.3, -0.25) is 0 Å². The second kappa shape index (κ2) is 5.61. The largest absolute Gasteiger partial charge is 0.279 e. The molecule has 0 saturated heterocycles. The van der Waals surface area contributed by atoms with Crippen LogP contribution in [0.2, 0.25) is 0 Å². The predicted octanol–water partition coefficient (Wildman–Crippen LogP) is -0.303. The molecule has 0 aliphatic rings. The molecule has 0 aliphatic carbocycles. The minimum Gasteiger partial charge on any atom is -0.207 e. The van der Waals surface area contributed by atoms with E-state index in [2.05, 4.69) is 20.2 Å². The number of nitrogens with one attached hydrogen (secondary N) is 1. The Hall–Kier alpha value is -1.91. The van der Waals surface area contributed by atoms with Crippen molar-refractivity contribution in [1.29, 1.82) is 0 Å². The van der Waals surface area contributed by atoms with E-state index in [1.54, 1.807) is 6.07 Å². The number of hydrogen-bond acceptors (Lipinski definition) is 5. The summed E-state index contributed by atoms with van der Waals surface area (Å²) in [7, 11) is -0.780. The van der Waals surface area contributed by atoms with E-state index < -0.39 is 16.0 Å². The van der Waals surface area contributed by atoms with Gasteiger partial charge in [0, 0.05) is 14.1 Å². The number of rotatable bonds is 5. The monoisotopic (exact) mass is 300 g/mol. The van der Waals surface area contributed by atoms with Crippen molar-refractivity contribution >= 4 is 10.2 Å². The maximum atomic E-state index is 13.2. The molecule has 1 heterocycles. The fourth-order valence-corrected chi connectivity index (χ4v) is 1.98. The number of aromatic nitrogens is 4. The van der Waals surface area contributed by atoms with Crippen LogP contribution in [0.1, 0.15) is 5.82 Å². The van der Waals surface area contributed by atoms with Crippen LogP contribution in [0.25, 0.3) is 5.69 Å². The lowest BCUT2D eigenvalue weighted by Crippen LogP contribution is -2.35. The van der Waals surface area contributed by atoms with E-state index in [9.17, 15) is 12.8 Å². The molecular formula is C10H13FN6O2S. The summed E-state index contributed by atoms with van der Waals surface area (Å²) in [5.74, 6) is -0.182. The number of benzene rings is 1. The summed E-state index contributed by atoms with van der Waals surface area (Å²) in [6.07, 6.45) is 0. The van der Waals surface area contributed by atoms with Crippen LogP contribution in [0, 0.1) is 5.82 Å². The Morgan fingerprint density at radius 2 is 2.15 bits per heavy atom. The second-order valence-corrected chi connectivity index (χ2v) is 6.06. The highest BCUT2D eigenvalue weighted by Gasteiger charge is 2.16. The summed E-state index contributed by atoms with van der Waals surface area (Å²) in [6.45, 7) is -0.107. The van der Waals surface area contributed by atoms with Crippen LogP contribution in [0.3, 0.4) is 0 Å². The van der Waals surface area contributed by atoms with E-state index in [-0.39, 0.29) is 12.4 Å². The molecule has 1 aromatic heterocycles. The van der Waals surface area contributed by atoms with Crippen molar-refractivity contribution in [2.75, 3.05) is 14.1 Å². The first-order chi connectivity index (χ1) is 9.40. The molecule has 10 heteroatoms. The third-order valence-corrected chi connectivity index (χ3v) is 3.95. The van der Waals surface area contributed by atoms with E-state index in [1.807, 2.05) is 0 Å². The molecule has 20 heavy (non-hydrogen) atoms. The van der Waals surface area contributed by atoms with Gasteiger partial charge in [-0.15, -0.1) is 5.10 Å². The first-order valence-electron chi connectivity index (χ1n) is 5.60. The zero-order valence-corrected chi connectivity index (χ0v) is 11.7. The summed E-state index contributed by atoms with van der Waals surface area (Å²) in [6, 6.07) is 5.67. The van der Waals surface area contributed by atoms with Gasteiger partial charge in [-0.25, -0.2) is 4.39 Å². The summed E-state index contributed by atoms with van der Waals surface area (Å²) >= 11 is 0. The molecule has 0 amide bonds. The number of hydrogen-bond donors (Lipinski definition) is 1. The number of halogens is 1. The highest BCUT2D eigenvalue weighted by molar-refractivity contribution is 7.87. The first kappa shape index (κ1) is 14.5. The first-order valence-corrected chi connectivity index (χ1v) is 7.04. The van der Waals surface area contributed by atoms with E-state index in [0.717, 1.165) is 4.31 Å². The van der Waals surface area contributed by atoms with E-state index in [4.69, 9.17) is 0 Å². The Balaban J connectivity index is 2.22. The average molecular weight is 300 g/mol. The van der Waals surface area contributed by atoms with Gasteiger partial charge in [0.15, 0.2) is 5.82 Å². The quantitative estimate of drug-likeness (QED) is 0.818. The molecule has 0 bridgehead atoms. The van der Waals surface area contributed by atoms with Crippen LogP contribution in [0.5, 0.6) is 0 Å².